The summed E-state index contributed by atoms with van der Waals surface area (Å²) >= 11 is 0. The van der Waals surface area contributed by atoms with Crippen molar-refractivity contribution in [2.24, 2.45) is 5.92 Å². The van der Waals surface area contributed by atoms with Crippen LogP contribution in [0.5, 0.6) is 0 Å². The second-order valence-corrected chi connectivity index (χ2v) is 5.00. The fraction of sp³-hybridized carbons (Fsp3) is 0.500. The van der Waals surface area contributed by atoms with Crippen molar-refractivity contribution < 1.29 is 14.5 Å². The van der Waals surface area contributed by atoms with Gasteiger partial charge in [-0.1, -0.05) is 26.0 Å². The maximum absolute atomic E-state index is 11.6. The highest BCUT2D eigenvalue weighted by Gasteiger charge is 2.22. The molecule has 110 valence electrons. The van der Waals surface area contributed by atoms with Gasteiger partial charge in [-0.2, -0.15) is 0 Å². The molecule has 1 N–H and O–H groups in total. The molecule has 6 heteroatoms. The van der Waals surface area contributed by atoms with Crippen LogP contribution in [0.25, 0.3) is 0 Å². The van der Waals surface area contributed by atoms with Crippen LogP contribution in [0.4, 0.5) is 5.69 Å². The Morgan fingerprint density at radius 1 is 1.45 bits per heavy atom. The Kier molecular flexibility index (Phi) is 5.64. The molecule has 0 aliphatic heterocycles. The number of hydrogen-bond donors (Lipinski definition) is 1. The van der Waals surface area contributed by atoms with E-state index in [1.807, 2.05) is 19.9 Å². The molecule has 0 saturated heterocycles. The van der Waals surface area contributed by atoms with Gasteiger partial charge in [0.05, 0.1) is 12.0 Å². The van der Waals surface area contributed by atoms with E-state index in [1.165, 1.54) is 13.2 Å². The molecule has 0 saturated carbocycles. The summed E-state index contributed by atoms with van der Waals surface area (Å²) in [6.07, 6.45) is 0. The summed E-state index contributed by atoms with van der Waals surface area (Å²) in [5.74, 6) is -0.260. The van der Waals surface area contributed by atoms with Gasteiger partial charge in [-0.05, 0) is 18.4 Å². The van der Waals surface area contributed by atoms with E-state index in [1.54, 1.807) is 13.0 Å². The van der Waals surface area contributed by atoms with Crippen molar-refractivity contribution in [2.75, 3.05) is 7.11 Å². The lowest BCUT2D eigenvalue weighted by molar-refractivity contribution is -0.385. The van der Waals surface area contributed by atoms with Gasteiger partial charge in [0.25, 0.3) is 5.69 Å². The van der Waals surface area contributed by atoms with Crippen molar-refractivity contribution in [1.29, 1.82) is 0 Å². The van der Waals surface area contributed by atoms with Crippen LogP contribution in [0.15, 0.2) is 18.2 Å². The van der Waals surface area contributed by atoms with Crippen molar-refractivity contribution in [3.8, 4) is 0 Å². The van der Waals surface area contributed by atoms with Crippen LogP contribution >= 0.6 is 0 Å². The predicted octanol–water partition coefficient (Wildman–Crippen LogP) is 2.19. The van der Waals surface area contributed by atoms with Gasteiger partial charge in [0.2, 0.25) is 0 Å². The minimum absolute atomic E-state index is 0.0721. The fourth-order valence-corrected chi connectivity index (χ4v) is 1.91. The molecule has 1 aromatic rings. The second-order valence-electron chi connectivity index (χ2n) is 5.00. The Hall–Kier alpha value is -1.95. The average molecular weight is 280 g/mol. The summed E-state index contributed by atoms with van der Waals surface area (Å²) in [5, 5.41) is 14.0. The number of carbonyl (C=O) groups is 1. The minimum atomic E-state index is -0.430. The van der Waals surface area contributed by atoms with E-state index in [2.05, 4.69) is 5.32 Å². The maximum atomic E-state index is 11.6. The smallest absolute Gasteiger partial charge is 0.323 e. The Bertz CT molecular complexity index is 500. The number of nitro benzene ring substituents is 1. The molecule has 0 amide bonds. The summed E-state index contributed by atoms with van der Waals surface area (Å²) in [5.41, 5.74) is 1.47. The standard InChI is InChI=1S/C14H20N2O4/c1-9(2)13(14(17)20-4)15-8-11-6-5-10(3)12(7-11)16(18)19/h5-7,9,13,15H,8H2,1-4H3/t13-/m0/s1. The second kappa shape index (κ2) is 7.00. The number of rotatable bonds is 6. The van der Waals surface area contributed by atoms with Crippen molar-refractivity contribution >= 4 is 11.7 Å². The Morgan fingerprint density at radius 2 is 2.10 bits per heavy atom. The molecule has 0 radical (unpaired) electrons. The van der Waals surface area contributed by atoms with E-state index in [0.29, 0.717) is 12.1 Å². The van der Waals surface area contributed by atoms with E-state index in [9.17, 15) is 14.9 Å². The van der Waals surface area contributed by atoms with Gasteiger partial charge < -0.3 is 10.1 Å². The van der Waals surface area contributed by atoms with Crippen LogP contribution in [-0.4, -0.2) is 24.0 Å². The average Bonchev–Trinajstić information content (AvgIpc) is 2.39. The number of nitrogens with zero attached hydrogens (tertiary/aromatic N) is 1. The summed E-state index contributed by atoms with van der Waals surface area (Å²) in [4.78, 5) is 22.1. The van der Waals surface area contributed by atoms with Crippen molar-refractivity contribution in [1.82, 2.24) is 5.32 Å². The summed E-state index contributed by atoms with van der Waals surface area (Å²) in [7, 11) is 1.34. The fourth-order valence-electron chi connectivity index (χ4n) is 1.91. The lowest BCUT2D eigenvalue weighted by Gasteiger charge is -2.19. The first-order chi connectivity index (χ1) is 9.36. The first kappa shape index (κ1) is 16.1. The molecule has 0 aliphatic carbocycles. The van der Waals surface area contributed by atoms with Gasteiger partial charge in [0.15, 0.2) is 0 Å². The summed E-state index contributed by atoms with van der Waals surface area (Å²) in [6.45, 7) is 5.89. The van der Waals surface area contributed by atoms with Gasteiger partial charge in [-0.25, -0.2) is 0 Å². The van der Waals surface area contributed by atoms with Crippen LogP contribution in [0, 0.1) is 23.0 Å². The number of nitro groups is 1. The minimum Gasteiger partial charge on any atom is -0.468 e. The third-order valence-electron chi connectivity index (χ3n) is 3.12. The highest BCUT2D eigenvalue weighted by Crippen LogP contribution is 2.19. The molecule has 0 aliphatic rings. The lowest BCUT2D eigenvalue weighted by Crippen LogP contribution is -2.41. The van der Waals surface area contributed by atoms with Crippen LogP contribution in [-0.2, 0) is 16.1 Å². The summed E-state index contributed by atoms with van der Waals surface area (Å²) < 4.78 is 4.73. The normalized spacial score (nSPS) is 12.2. The van der Waals surface area contributed by atoms with Gasteiger partial charge >= 0.3 is 5.97 Å². The Morgan fingerprint density at radius 3 is 2.60 bits per heavy atom. The molecular formula is C14H20N2O4. The predicted molar refractivity (Wildman–Crippen MR) is 75.3 cm³/mol. The topological polar surface area (TPSA) is 81.5 Å². The number of benzene rings is 1. The van der Waals surface area contributed by atoms with Gasteiger partial charge in [-0.15, -0.1) is 0 Å². The van der Waals surface area contributed by atoms with E-state index in [-0.39, 0.29) is 17.6 Å². The zero-order valence-corrected chi connectivity index (χ0v) is 12.2. The van der Waals surface area contributed by atoms with Crippen molar-refractivity contribution in [3.63, 3.8) is 0 Å². The number of carbonyl (C=O) groups excluding carboxylic acids is 1. The molecule has 1 aromatic carbocycles. The van der Waals surface area contributed by atoms with Crippen LogP contribution in [0.1, 0.15) is 25.0 Å². The van der Waals surface area contributed by atoms with Gasteiger partial charge in [0.1, 0.15) is 6.04 Å². The van der Waals surface area contributed by atoms with Gasteiger partial charge in [-0.3, -0.25) is 14.9 Å². The first-order valence-electron chi connectivity index (χ1n) is 6.42. The third kappa shape index (κ3) is 4.03. The highest BCUT2D eigenvalue weighted by molar-refractivity contribution is 5.75. The number of ether oxygens (including phenoxy) is 1. The molecule has 0 bridgehead atoms. The largest absolute Gasteiger partial charge is 0.468 e. The first-order valence-corrected chi connectivity index (χ1v) is 6.42. The SMILES string of the molecule is COC(=O)[C@@H](NCc1ccc(C)c([N+](=O)[O-])c1)C(C)C. The molecule has 0 spiro atoms. The highest BCUT2D eigenvalue weighted by atomic mass is 16.6. The number of esters is 1. The summed E-state index contributed by atoms with van der Waals surface area (Å²) in [6, 6.07) is 4.61. The molecule has 0 fully saturated rings. The molecular weight excluding hydrogens is 260 g/mol. The molecule has 0 aromatic heterocycles. The van der Waals surface area contributed by atoms with Crippen molar-refractivity contribution in [3.05, 3.63) is 39.4 Å². The molecule has 6 nitrogen and oxygen atoms in total. The van der Waals surface area contributed by atoms with Crippen molar-refractivity contribution in [2.45, 2.75) is 33.4 Å². The monoisotopic (exact) mass is 280 g/mol. The molecule has 0 heterocycles. The third-order valence-corrected chi connectivity index (χ3v) is 3.12. The van der Waals surface area contributed by atoms with E-state index < -0.39 is 11.0 Å². The molecule has 1 rings (SSSR count). The van der Waals surface area contributed by atoms with E-state index in [4.69, 9.17) is 4.74 Å². The molecule has 20 heavy (non-hydrogen) atoms. The zero-order chi connectivity index (χ0) is 15.3. The van der Waals surface area contributed by atoms with Crippen LogP contribution in [0.2, 0.25) is 0 Å². The molecule has 0 unspecified atom stereocenters. The number of aryl methyl sites for hydroxylation is 1. The van der Waals surface area contributed by atoms with Crippen LogP contribution in [0.3, 0.4) is 0 Å². The number of hydrogen-bond acceptors (Lipinski definition) is 5. The lowest BCUT2D eigenvalue weighted by atomic mass is 10.0. The van der Waals surface area contributed by atoms with E-state index in [0.717, 1.165) is 5.56 Å². The zero-order valence-electron chi connectivity index (χ0n) is 12.2. The van der Waals surface area contributed by atoms with Crippen LogP contribution < -0.4 is 5.32 Å². The maximum Gasteiger partial charge on any atom is 0.323 e. The van der Waals surface area contributed by atoms with Gasteiger partial charge in [0, 0.05) is 18.2 Å². The Labute approximate surface area is 118 Å². The quantitative estimate of drug-likeness (QED) is 0.490. The number of nitrogens with one attached hydrogen (secondary N) is 1. The number of methoxy groups -OCH3 is 1. The van der Waals surface area contributed by atoms with E-state index >= 15 is 0 Å². The Balaban J connectivity index is 2.81. The molecule has 1 atom stereocenters.